The predicted molar refractivity (Wildman–Crippen MR) is 74.0 cm³/mol. The summed E-state index contributed by atoms with van der Waals surface area (Å²) in [4.78, 5) is 0. The Morgan fingerprint density at radius 1 is 1.24 bits per heavy atom. The lowest BCUT2D eigenvalue weighted by atomic mass is 9.82. The lowest BCUT2D eigenvalue weighted by Crippen LogP contribution is -2.28. The molecule has 17 heavy (non-hydrogen) atoms. The van der Waals surface area contributed by atoms with Crippen LogP contribution >= 0.6 is 0 Å². The van der Waals surface area contributed by atoms with Gasteiger partial charge in [-0.1, -0.05) is 50.1 Å². The van der Waals surface area contributed by atoms with E-state index >= 15 is 0 Å². The van der Waals surface area contributed by atoms with E-state index < -0.39 is 0 Å². The molecule has 0 aromatic heterocycles. The molecular formula is C16H25N. The van der Waals surface area contributed by atoms with E-state index in [-0.39, 0.29) is 0 Å². The average molecular weight is 231 g/mol. The third-order valence-electron chi connectivity index (χ3n) is 4.06. The van der Waals surface area contributed by atoms with Crippen LogP contribution < -0.4 is 5.32 Å². The Balaban J connectivity index is 1.78. The van der Waals surface area contributed by atoms with Gasteiger partial charge in [0.25, 0.3) is 0 Å². The summed E-state index contributed by atoms with van der Waals surface area (Å²) < 4.78 is 0. The highest BCUT2D eigenvalue weighted by Gasteiger charge is 2.19. The van der Waals surface area contributed by atoms with Crippen molar-refractivity contribution < 1.29 is 0 Å². The minimum atomic E-state index is 0.480. The second kappa shape index (κ2) is 6.20. The molecule has 2 rings (SSSR count). The quantitative estimate of drug-likeness (QED) is 0.820. The first-order valence-electron chi connectivity index (χ1n) is 7.04. The summed E-state index contributed by atoms with van der Waals surface area (Å²) in [5, 5.41) is 3.69. The Hall–Kier alpha value is -0.820. The van der Waals surface area contributed by atoms with E-state index in [4.69, 9.17) is 0 Å². The van der Waals surface area contributed by atoms with Crippen LogP contribution in [0, 0.1) is 11.8 Å². The smallest absolute Gasteiger partial charge is 0.0291 e. The first kappa shape index (κ1) is 12.6. The lowest BCUT2D eigenvalue weighted by molar-refractivity contribution is 0.268. The zero-order valence-corrected chi connectivity index (χ0v) is 11.2. The predicted octanol–water partition coefficient (Wildman–Crippen LogP) is 4.16. The van der Waals surface area contributed by atoms with Gasteiger partial charge in [0.05, 0.1) is 0 Å². The minimum Gasteiger partial charge on any atom is -0.310 e. The molecule has 0 heterocycles. The van der Waals surface area contributed by atoms with Gasteiger partial charge in [-0.15, -0.1) is 0 Å². The molecule has 1 aromatic rings. The van der Waals surface area contributed by atoms with Crippen molar-refractivity contribution in [2.45, 2.75) is 45.6 Å². The highest BCUT2D eigenvalue weighted by Crippen LogP contribution is 2.28. The van der Waals surface area contributed by atoms with Gasteiger partial charge < -0.3 is 5.32 Å². The van der Waals surface area contributed by atoms with Gasteiger partial charge in [0, 0.05) is 6.04 Å². The maximum Gasteiger partial charge on any atom is 0.0291 e. The maximum atomic E-state index is 3.69. The molecule has 1 heteroatoms. The van der Waals surface area contributed by atoms with Crippen molar-refractivity contribution in [1.82, 2.24) is 5.32 Å². The van der Waals surface area contributed by atoms with Gasteiger partial charge in [-0.05, 0) is 43.7 Å². The van der Waals surface area contributed by atoms with Gasteiger partial charge in [0.15, 0.2) is 0 Å². The summed E-state index contributed by atoms with van der Waals surface area (Å²) in [5.74, 6) is 1.83. The third-order valence-corrected chi connectivity index (χ3v) is 4.06. The summed E-state index contributed by atoms with van der Waals surface area (Å²) in [6.45, 7) is 5.84. The van der Waals surface area contributed by atoms with Crippen molar-refractivity contribution in [3.05, 3.63) is 35.9 Å². The first-order chi connectivity index (χ1) is 8.25. The number of hydrogen-bond donors (Lipinski definition) is 1. The molecule has 0 aliphatic heterocycles. The van der Waals surface area contributed by atoms with Crippen LogP contribution in [0.5, 0.6) is 0 Å². The Bertz CT molecular complexity index is 320. The summed E-state index contributed by atoms with van der Waals surface area (Å²) in [6, 6.07) is 11.2. The Morgan fingerprint density at radius 3 is 2.71 bits per heavy atom. The molecule has 1 N–H and O–H groups in total. The largest absolute Gasteiger partial charge is 0.310 e. The average Bonchev–Trinajstić information content (AvgIpc) is 2.37. The highest BCUT2D eigenvalue weighted by atomic mass is 14.9. The normalized spacial score (nSPS) is 26.7. The van der Waals surface area contributed by atoms with E-state index in [1.807, 2.05) is 0 Å². The van der Waals surface area contributed by atoms with Gasteiger partial charge >= 0.3 is 0 Å². The van der Waals surface area contributed by atoms with Crippen LogP contribution in [0.25, 0.3) is 0 Å². The van der Waals surface area contributed by atoms with Crippen molar-refractivity contribution >= 4 is 0 Å². The first-order valence-corrected chi connectivity index (χ1v) is 7.04. The summed E-state index contributed by atoms with van der Waals surface area (Å²) in [5.41, 5.74) is 1.40. The van der Waals surface area contributed by atoms with Crippen LogP contribution in [-0.4, -0.2) is 6.54 Å². The molecule has 1 aliphatic rings. The molecule has 1 fully saturated rings. The fourth-order valence-corrected chi connectivity index (χ4v) is 2.95. The number of hydrogen-bond acceptors (Lipinski definition) is 1. The number of rotatable bonds is 4. The van der Waals surface area contributed by atoms with Crippen LogP contribution in [0.3, 0.4) is 0 Å². The van der Waals surface area contributed by atoms with E-state index in [0.29, 0.717) is 6.04 Å². The standard InChI is InChI=1S/C16H25N/c1-13-7-6-8-15(11-13)12-17-14(2)16-9-4-3-5-10-16/h3-5,9-10,13-15,17H,6-8,11-12H2,1-2H3/t13?,14-,15?/m1/s1. The molecule has 1 aromatic carbocycles. The zero-order chi connectivity index (χ0) is 12.1. The van der Waals surface area contributed by atoms with E-state index in [1.54, 1.807) is 0 Å². The summed E-state index contributed by atoms with van der Waals surface area (Å²) in [7, 11) is 0. The van der Waals surface area contributed by atoms with E-state index in [9.17, 15) is 0 Å². The van der Waals surface area contributed by atoms with Crippen LogP contribution in [0.15, 0.2) is 30.3 Å². The second-order valence-corrected chi connectivity index (χ2v) is 5.68. The Kier molecular flexibility index (Phi) is 4.61. The van der Waals surface area contributed by atoms with Crippen LogP contribution in [0.2, 0.25) is 0 Å². The topological polar surface area (TPSA) is 12.0 Å². The fourth-order valence-electron chi connectivity index (χ4n) is 2.95. The van der Waals surface area contributed by atoms with Gasteiger partial charge in [-0.2, -0.15) is 0 Å². The van der Waals surface area contributed by atoms with E-state index in [1.165, 1.54) is 37.8 Å². The minimum absolute atomic E-state index is 0.480. The maximum absolute atomic E-state index is 3.69. The molecule has 1 aliphatic carbocycles. The lowest BCUT2D eigenvalue weighted by Gasteiger charge is -2.28. The van der Waals surface area contributed by atoms with Crippen LogP contribution in [0.4, 0.5) is 0 Å². The highest BCUT2D eigenvalue weighted by molar-refractivity contribution is 5.17. The molecular weight excluding hydrogens is 206 g/mol. The molecule has 94 valence electrons. The Morgan fingerprint density at radius 2 is 2.00 bits per heavy atom. The zero-order valence-electron chi connectivity index (χ0n) is 11.2. The van der Waals surface area contributed by atoms with Crippen molar-refractivity contribution in [3.8, 4) is 0 Å². The molecule has 1 saturated carbocycles. The summed E-state index contributed by atoms with van der Waals surface area (Å²) in [6.07, 6.45) is 5.69. The third kappa shape index (κ3) is 3.85. The summed E-state index contributed by atoms with van der Waals surface area (Å²) >= 11 is 0. The molecule has 3 atom stereocenters. The molecule has 0 bridgehead atoms. The molecule has 0 radical (unpaired) electrons. The van der Waals surface area contributed by atoms with Gasteiger partial charge in [-0.25, -0.2) is 0 Å². The van der Waals surface area contributed by atoms with E-state index in [2.05, 4.69) is 49.5 Å². The molecule has 0 amide bonds. The van der Waals surface area contributed by atoms with Gasteiger partial charge in [0.1, 0.15) is 0 Å². The fraction of sp³-hybridized carbons (Fsp3) is 0.625. The monoisotopic (exact) mass is 231 g/mol. The van der Waals surface area contributed by atoms with Crippen molar-refractivity contribution in [2.24, 2.45) is 11.8 Å². The second-order valence-electron chi connectivity index (χ2n) is 5.68. The van der Waals surface area contributed by atoms with Crippen LogP contribution in [0.1, 0.15) is 51.1 Å². The van der Waals surface area contributed by atoms with Crippen molar-refractivity contribution in [2.75, 3.05) is 6.54 Å². The molecule has 0 spiro atoms. The van der Waals surface area contributed by atoms with Crippen molar-refractivity contribution in [1.29, 1.82) is 0 Å². The van der Waals surface area contributed by atoms with Crippen molar-refractivity contribution in [3.63, 3.8) is 0 Å². The van der Waals surface area contributed by atoms with Crippen LogP contribution in [-0.2, 0) is 0 Å². The molecule has 1 nitrogen and oxygen atoms in total. The molecule has 2 unspecified atom stereocenters. The number of benzene rings is 1. The SMILES string of the molecule is CC1CCCC(CN[C@H](C)c2ccccc2)C1. The van der Waals surface area contributed by atoms with Gasteiger partial charge in [0.2, 0.25) is 0 Å². The number of nitrogens with one attached hydrogen (secondary N) is 1. The van der Waals surface area contributed by atoms with E-state index in [0.717, 1.165) is 11.8 Å². The van der Waals surface area contributed by atoms with Gasteiger partial charge in [-0.3, -0.25) is 0 Å². The Labute approximate surface area is 106 Å². The molecule has 0 saturated heterocycles.